The van der Waals surface area contributed by atoms with Gasteiger partial charge in [0.15, 0.2) is 0 Å². The number of non-ortho nitro benzene ring substituents is 1. The number of halogens is 1. The number of hydrogen-bond acceptors (Lipinski definition) is 4. The largest absolute Gasteiger partial charge is 0.310 e. The van der Waals surface area contributed by atoms with Gasteiger partial charge < -0.3 is 10.2 Å². The number of nitrogens with zero attached hydrogens (tertiary/aromatic N) is 2. The topological polar surface area (TPSA) is 58.4 Å². The van der Waals surface area contributed by atoms with Crippen LogP contribution in [0.2, 0.25) is 5.02 Å². The van der Waals surface area contributed by atoms with Crippen LogP contribution in [0.5, 0.6) is 0 Å². The van der Waals surface area contributed by atoms with Crippen LogP contribution in [0.25, 0.3) is 0 Å². The molecular formula is C14H20ClN3O2. The van der Waals surface area contributed by atoms with Crippen molar-refractivity contribution in [1.82, 2.24) is 10.2 Å². The summed E-state index contributed by atoms with van der Waals surface area (Å²) in [4.78, 5) is 12.8. The van der Waals surface area contributed by atoms with E-state index in [0.717, 1.165) is 38.0 Å². The molecule has 20 heavy (non-hydrogen) atoms. The highest BCUT2D eigenvalue weighted by Gasteiger charge is 2.18. The normalized spacial score (nSPS) is 17.3. The summed E-state index contributed by atoms with van der Waals surface area (Å²) in [7, 11) is 0. The third-order valence-corrected chi connectivity index (χ3v) is 4.22. The molecule has 1 aliphatic rings. The fraction of sp³-hybridized carbons (Fsp3) is 0.571. The van der Waals surface area contributed by atoms with Crippen LogP contribution < -0.4 is 5.32 Å². The summed E-state index contributed by atoms with van der Waals surface area (Å²) in [5.41, 5.74) is 0.880. The molecule has 110 valence electrons. The van der Waals surface area contributed by atoms with Crippen LogP contribution in [0.4, 0.5) is 5.69 Å². The fourth-order valence-corrected chi connectivity index (χ4v) is 2.70. The molecule has 1 N–H and O–H groups in total. The van der Waals surface area contributed by atoms with E-state index >= 15 is 0 Å². The first-order chi connectivity index (χ1) is 9.60. The van der Waals surface area contributed by atoms with Crippen molar-refractivity contribution in [3.05, 3.63) is 38.9 Å². The number of hydrogen-bond donors (Lipinski definition) is 1. The zero-order valence-electron chi connectivity index (χ0n) is 11.6. The van der Waals surface area contributed by atoms with Crippen molar-refractivity contribution < 1.29 is 4.92 Å². The Balaban J connectivity index is 1.91. The molecule has 1 saturated heterocycles. The maximum atomic E-state index is 10.8. The smallest absolute Gasteiger partial charge is 0.269 e. The quantitative estimate of drug-likeness (QED) is 0.671. The molecule has 0 spiro atoms. The van der Waals surface area contributed by atoms with E-state index in [1.807, 2.05) is 0 Å². The van der Waals surface area contributed by atoms with E-state index < -0.39 is 0 Å². The molecule has 0 amide bonds. The summed E-state index contributed by atoms with van der Waals surface area (Å²) < 4.78 is 0. The Kier molecular flexibility index (Phi) is 5.34. The Morgan fingerprint density at radius 1 is 1.45 bits per heavy atom. The van der Waals surface area contributed by atoms with Crippen LogP contribution in [-0.2, 0) is 6.54 Å². The molecule has 2 rings (SSSR count). The van der Waals surface area contributed by atoms with E-state index in [9.17, 15) is 10.1 Å². The number of rotatable bonds is 5. The molecule has 0 bridgehead atoms. The van der Waals surface area contributed by atoms with Gasteiger partial charge in [-0.05, 0) is 44.1 Å². The Labute approximate surface area is 124 Å². The molecule has 1 aromatic rings. The molecule has 0 saturated carbocycles. The molecule has 0 unspecified atom stereocenters. The van der Waals surface area contributed by atoms with E-state index in [1.54, 1.807) is 12.1 Å². The van der Waals surface area contributed by atoms with Gasteiger partial charge in [-0.25, -0.2) is 0 Å². The number of nitro benzene ring substituents is 1. The van der Waals surface area contributed by atoms with Gasteiger partial charge in [-0.1, -0.05) is 18.5 Å². The van der Waals surface area contributed by atoms with Gasteiger partial charge in [0.2, 0.25) is 0 Å². The molecule has 0 atom stereocenters. The predicted molar refractivity (Wildman–Crippen MR) is 80.1 cm³/mol. The highest BCUT2D eigenvalue weighted by Crippen LogP contribution is 2.22. The monoisotopic (exact) mass is 297 g/mol. The minimum atomic E-state index is -0.389. The van der Waals surface area contributed by atoms with Gasteiger partial charge in [0.05, 0.1) is 4.92 Å². The highest BCUT2D eigenvalue weighted by atomic mass is 35.5. The third-order valence-electron chi connectivity index (χ3n) is 3.86. The van der Waals surface area contributed by atoms with Crippen molar-refractivity contribution in [3.8, 4) is 0 Å². The summed E-state index contributed by atoms with van der Waals surface area (Å²) in [5.74, 6) is 0. The van der Waals surface area contributed by atoms with Crippen LogP contribution >= 0.6 is 11.6 Å². The molecule has 0 aliphatic carbocycles. The fourth-order valence-electron chi connectivity index (χ4n) is 2.52. The van der Waals surface area contributed by atoms with Gasteiger partial charge in [0.1, 0.15) is 0 Å². The summed E-state index contributed by atoms with van der Waals surface area (Å²) in [6, 6.07) is 5.05. The molecule has 0 radical (unpaired) electrons. The molecule has 1 aromatic carbocycles. The minimum absolute atomic E-state index is 0.0898. The lowest BCUT2D eigenvalue weighted by Gasteiger charge is -2.31. The number of nitrogens with one attached hydrogen (secondary N) is 1. The Bertz CT molecular complexity index is 473. The second-order valence-electron chi connectivity index (χ2n) is 5.12. The molecule has 1 aliphatic heterocycles. The molecule has 6 heteroatoms. The van der Waals surface area contributed by atoms with E-state index in [-0.39, 0.29) is 10.6 Å². The SMILES string of the molecule is CCN1CCC(NCc2cc([N+](=O)[O-])ccc2Cl)CC1. The van der Waals surface area contributed by atoms with Crippen molar-refractivity contribution in [2.24, 2.45) is 0 Å². The maximum Gasteiger partial charge on any atom is 0.269 e. The first-order valence-corrected chi connectivity index (χ1v) is 7.36. The Morgan fingerprint density at radius 3 is 2.75 bits per heavy atom. The van der Waals surface area contributed by atoms with Gasteiger partial charge in [0.25, 0.3) is 5.69 Å². The lowest BCUT2D eigenvalue weighted by atomic mass is 10.0. The number of piperidine rings is 1. The first-order valence-electron chi connectivity index (χ1n) is 6.98. The van der Waals surface area contributed by atoms with Crippen LogP contribution in [0.3, 0.4) is 0 Å². The lowest BCUT2D eigenvalue weighted by Crippen LogP contribution is -2.42. The first kappa shape index (κ1) is 15.2. The van der Waals surface area contributed by atoms with Crippen molar-refractivity contribution in [2.45, 2.75) is 32.4 Å². The Morgan fingerprint density at radius 2 is 2.15 bits per heavy atom. The van der Waals surface area contributed by atoms with Gasteiger partial charge in [-0.15, -0.1) is 0 Å². The standard InChI is InChI=1S/C14H20ClN3O2/c1-2-17-7-5-12(6-8-17)16-10-11-9-13(18(19)20)3-4-14(11)15/h3-4,9,12,16H,2,5-8,10H2,1H3. The van der Waals surface area contributed by atoms with E-state index in [2.05, 4.69) is 17.1 Å². The second-order valence-corrected chi connectivity index (χ2v) is 5.53. The summed E-state index contributed by atoms with van der Waals surface area (Å²) in [6.45, 7) is 6.07. The summed E-state index contributed by atoms with van der Waals surface area (Å²) >= 11 is 6.09. The summed E-state index contributed by atoms with van der Waals surface area (Å²) in [5, 5.41) is 14.8. The number of benzene rings is 1. The Hall–Kier alpha value is -1.17. The number of likely N-dealkylation sites (tertiary alicyclic amines) is 1. The zero-order chi connectivity index (χ0) is 14.5. The van der Waals surface area contributed by atoms with Crippen LogP contribution in [0.15, 0.2) is 18.2 Å². The highest BCUT2D eigenvalue weighted by molar-refractivity contribution is 6.31. The molecule has 1 fully saturated rings. The van der Waals surface area contributed by atoms with Crippen LogP contribution in [-0.4, -0.2) is 35.5 Å². The van der Waals surface area contributed by atoms with Gasteiger partial charge >= 0.3 is 0 Å². The van der Waals surface area contributed by atoms with Gasteiger partial charge in [-0.3, -0.25) is 10.1 Å². The number of nitro groups is 1. The minimum Gasteiger partial charge on any atom is -0.310 e. The van der Waals surface area contributed by atoms with Crippen LogP contribution in [0.1, 0.15) is 25.3 Å². The third kappa shape index (κ3) is 3.91. The average molecular weight is 298 g/mol. The van der Waals surface area contributed by atoms with E-state index in [1.165, 1.54) is 6.07 Å². The maximum absolute atomic E-state index is 10.8. The van der Waals surface area contributed by atoms with Crippen molar-refractivity contribution in [1.29, 1.82) is 0 Å². The van der Waals surface area contributed by atoms with E-state index in [0.29, 0.717) is 17.6 Å². The second kappa shape index (κ2) is 7.02. The van der Waals surface area contributed by atoms with E-state index in [4.69, 9.17) is 11.6 Å². The van der Waals surface area contributed by atoms with Crippen molar-refractivity contribution >= 4 is 17.3 Å². The lowest BCUT2D eigenvalue weighted by molar-refractivity contribution is -0.384. The zero-order valence-corrected chi connectivity index (χ0v) is 12.4. The predicted octanol–water partition coefficient (Wildman–Crippen LogP) is 2.82. The molecular weight excluding hydrogens is 278 g/mol. The van der Waals surface area contributed by atoms with Crippen molar-refractivity contribution in [2.75, 3.05) is 19.6 Å². The summed E-state index contributed by atoms with van der Waals surface area (Å²) in [6.07, 6.45) is 2.22. The van der Waals surface area contributed by atoms with Gasteiger partial charge in [-0.2, -0.15) is 0 Å². The van der Waals surface area contributed by atoms with Crippen molar-refractivity contribution in [3.63, 3.8) is 0 Å². The molecule has 5 nitrogen and oxygen atoms in total. The molecule has 0 aromatic heterocycles. The van der Waals surface area contributed by atoms with Crippen LogP contribution in [0, 0.1) is 10.1 Å². The molecule has 1 heterocycles. The van der Waals surface area contributed by atoms with Gasteiger partial charge in [0, 0.05) is 29.7 Å². The average Bonchev–Trinajstić information content (AvgIpc) is 2.46.